The number of carbonyl (C=O) groups excluding carboxylic acids is 3. The zero-order valence-electron chi connectivity index (χ0n) is 12.2. The first-order valence-electron chi connectivity index (χ1n) is 6.55. The van der Waals surface area contributed by atoms with E-state index < -0.39 is 17.9 Å². The van der Waals surface area contributed by atoms with Gasteiger partial charge in [-0.05, 0) is 24.6 Å². The predicted octanol–water partition coefficient (Wildman–Crippen LogP) is 1.31. The van der Waals surface area contributed by atoms with Gasteiger partial charge >= 0.3 is 11.9 Å². The van der Waals surface area contributed by atoms with Crippen molar-refractivity contribution < 1.29 is 23.9 Å². The highest BCUT2D eigenvalue weighted by atomic mass is 16.5. The molecule has 1 unspecified atom stereocenters. The van der Waals surface area contributed by atoms with Crippen LogP contribution in [0, 0.1) is 12.8 Å². The monoisotopic (exact) mass is 291 g/mol. The van der Waals surface area contributed by atoms with Crippen LogP contribution in [0.4, 0.5) is 5.69 Å². The maximum absolute atomic E-state index is 12.1. The average Bonchev–Trinajstić information content (AvgIpc) is 2.88. The summed E-state index contributed by atoms with van der Waals surface area (Å²) in [4.78, 5) is 36.8. The minimum Gasteiger partial charge on any atom is -0.469 e. The van der Waals surface area contributed by atoms with Crippen LogP contribution < -0.4 is 4.90 Å². The normalized spacial score (nSPS) is 17.8. The molecule has 0 radical (unpaired) electrons. The average molecular weight is 291 g/mol. The molecule has 1 heterocycles. The molecule has 21 heavy (non-hydrogen) atoms. The van der Waals surface area contributed by atoms with E-state index in [-0.39, 0.29) is 18.9 Å². The fraction of sp³-hybridized carbons (Fsp3) is 0.400. The number of carbonyl (C=O) groups is 3. The van der Waals surface area contributed by atoms with Gasteiger partial charge in [-0.3, -0.25) is 9.59 Å². The molecule has 1 fully saturated rings. The van der Waals surface area contributed by atoms with Crippen LogP contribution in [0.1, 0.15) is 22.3 Å². The molecule has 0 aliphatic carbocycles. The van der Waals surface area contributed by atoms with Gasteiger partial charge in [0.25, 0.3) is 0 Å². The molecule has 1 aromatic carbocycles. The van der Waals surface area contributed by atoms with Crippen molar-refractivity contribution in [3.63, 3.8) is 0 Å². The van der Waals surface area contributed by atoms with Crippen LogP contribution in [0.2, 0.25) is 0 Å². The first kappa shape index (κ1) is 15.0. The minimum absolute atomic E-state index is 0.120. The molecule has 0 N–H and O–H groups in total. The molecule has 112 valence electrons. The third kappa shape index (κ3) is 2.89. The summed E-state index contributed by atoms with van der Waals surface area (Å²) in [6.45, 7) is 2.10. The van der Waals surface area contributed by atoms with Gasteiger partial charge in [0.1, 0.15) is 0 Å². The highest BCUT2D eigenvalue weighted by molar-refractivity contribution is 6.01. The fourth-order valence-electron chi connectivity index (χ4n) is 2.41. The molecule has 1 atom stereocenters. The van der Waals surface area contributed by atoms with Crippen molar-refractivity contribution in [3.05, 3.63) is 29.3 Å². The first-order valence-corrected chi connectivity index (χ1v) is 6.55. The van der Waals surface area contributed by atoms with Crippen LogP contribution in [0.25, 0.3) is 0 Å². The summed E-state index contributed by atoms with van der Waals surface area (Å²) in [5, 5.41) is 0. The first-order chi connectivity index (χ1) is 9.97. The zero-order valence-corrected chi connectivity index (χ0v) is 12.2. The number of benzene rings is 1. The van der Waals surface area contributed by atoms with Gasteiger partial charge in [-0.2, -0.15) is 0 Å². The third-order valence-corrected chi connectivity index (χ3v) is 3.58. The summed E-state index contributed by atoms with van der Waals surface area (Å²) < 4.78 is 9.37. The highest BCUT2D eigenvalue weighted by Crippen LogP contribution is 2.29. The molecule has 1 saturated heterocycles. The van der Waals surface area contributed by atoms with Gasteiger partial charge in [-0.25, -0.2) is 4.79 Å². The summed E-state index contributed by atoms with van der Waals surface area (Å²) in [7, 11) is 2.61. The second-order valence-corrected chi connectivity index (χ2v) is 4.92. The number of nitrogens with zero attached hydrogens (tertiary/aromatic N) is 1. The lowest BCUT2D eigenvalue weighted by Crippen LogP contribution is -2.27. The topological polar surface area (TPSA) is 72.9 Å². The van der Waals surface area contributed by atoms with E-state index in [0.717, 1.165) is 5.56 Å². The molecular formula is C15H17NO5. The molecule has 0 bridgehead atoms. The Bertz CT molecular complexity index is 596. The number of rotatable bonds is 3. The Morgan fingerprint density at radius 2 is 1.95 bits per heavy atom. The van der Waals surface area contributed by atoms with E-state index in [9.17, 15) is 14.4 Å². The third-order valence-electron chi connectivity index (χ3n) is 3.58. The second kappa shape index (κ2) is 5.95. The Morgan fingerprint density at radius 1 is 1.24 bits per heavy atom. The lowest BCUT2D eigenvalue weighted by Gasteiger charge is -2.19. The van der Waals surface area contributed by atoms with Crippen molar-refractivity contribution in [1.29, 1.82) is 0 Å². The van der Waals surface area contributed by atoms with E-state index in [0.29, 0.717) is 11.3 Å². The molecule has 1 aliphatic rings. The minimum atomic E-state index is -0.469. The molecule has 0 aromatic heterocycles. The lowest BCUT2D eigenvalue weighted by molar-refractivity contribution is -0.145. The van der Waals surface area contributed by atoms with Gasteiger partial charge in [0.2, 0.25) is 5.91 Å². The number of hydrogen-bond donors (Lipinski definition) is 0. The lowest BCUT2D eigenvalue weighted by atomic mass is 10.1. The van der Waals surface area contributed by atoms with Crippen molar-refractivity contribution in [1.82, 2.24) is 0 Å². The molecule has 0 saturated carbocycles. The molecule has 1 amide bonds. The number of ether oxygens (including phenoxy) is 2. The number of hydrogen-bond acceptors (Lipinski definition) is 5. The Kier molecular flexibility index (Phi) is 4.26. The Morgan fingerprint density at radius 3 is 2.57 bits per heavy atom. The summed E-state index contributed by atoms with van der Waals surface area (Å²) in [6.07, 6.45) is 0.120. The van der Waals surface area contributed by atoms with Crippen molar-refractivity contribution in [2.45, 2.75) is 13.3 Å². The van der Waals surface area contributed by atoms with E-state index in [1.807, 2.05) is 6.92 Å². The summed E-state index contributed by atoms with van der Waals surface area (Å²) >= 11 is 0. The van der Waals surface area contributed by atoms with Gasteiger partial charge in [-0.15, -0.1) is 0 Å². The van der Waals surface area contributed by atoms with Crippen molar-refractivity contribution in [3.8, 4) is 0 Å². The van der Waals surface area contributed by atoms with Crippen LogP contribution >= 0.6 is 0 Å². The van der Waals surface area contributed by atoms with Crippen LogP contribution in [-0.2, 0) is 19.1 Å². The molecule has 6 nitrogen and oxygen atoms in total. The molecular weight excluding hydrogens is 274 g/mol. The van der Waals surface area contributed by atoms with Crippen LogP contribution in [-0.4, -0.2) is 38.6 Å². The van der Waals surface area contributed by atoms with Gasteiger partial charge < -0.3 is 14.4 Å². The zero-order chi connectivity index (χ0) is 15.6. The number of esters is 2. The van der Waals surface area contributed by atoms with Gasteiger partial charge in [-0.1, -0.05) is 6.07 Å². The molecule has 2 rings (SSSR count). The number of amides is 1. The second-order valence-electron chi connectivity index (χ2n) is 4.92. The smallest absolute Gasteiger partial charge is 0.337 e. The maximum Gasteiger partial charge on any atom is 0.337 e. The van der Waals surface area contributed by atoms with E-state index >= 15 is 0 Å². The molecule has 0 spiro atoms. The van der Waals surface area contributed by atoms with Gasteiger partial charge in [0.15, 0.2) is 0 Å². The van der Waals surface area contributed by atoms with Crippen LogP contribution in [0.15, 0.2) is 18.2 Å². The van der Waals surface area contributed by atoms with Crippen molar-refractivity contribution >= 4 is 23.5 Å². The summed E-state index contributed by atoms with van der Waals surface area (Å²) in [6, 6.07) is 5.00. The standard InChI is InChI=1S/C15H17NO5/c1-9-4-5-10(14(18)20-2)6-12(9)16-8-11(7-13(16)17)15(19)21-3/h4-6,11H,7-8H2,1-3H3. The molecule has 1 aliphatic heterocycles. The fourth-order valence-corrected chi connectivity index (χ4v) is 2.41. The summed E-state index contributed by atoms with van der Waals surface area (Å²) in [5.74, 6) is -1.49. The van der Waals surface area contributed by atoms with E-state index in [1.54, 1.807) is 18.2 Å². The van der Waals surface area contributed by atoms with E-state index in [4.69, 9.17) is 0 Å². The van der Waals surface area contributed by atoms with Crippen molar-refractivity contribution in [2.75, 3.05) is 25.7 Å². The molecule has 6 heteroatoms. The SMILES string of the molecule is COC(=O)c1ccc(C)c(N2CC(C(=O)OC)CC2=O)c1. The maximum atomic E-state index is 12.1. The highest BCUT2D eigenvalue weighted by Gasteiger charge is 2.36. The van der Waals surface area contributed by atoms with Crippen LogP contribution in [0.3, 0.4) is 0 Å². The Hall–Kier alpha value is -2.37. The van der Waals surface area contributed by atoms with E-state index in [1.165, 1.54) is 19.1 Å². The number of anilines is 1. The summed E-state index contributed by atoms with van der Waals surface area (Å²) in [5.41, 5.74) is 1.84. The Labute approximate surface area is 122 Å². The van der Waals surface area contributed by atoms with Gasteiger partial charge in [0.05, 0.1) is 25.7 Å². The number of aryl methyl sites for hydroxylation is 1. The Balaban J connectivity index is 2.31. The largest absolute Gasteiger partial charge is 0.469 e. The van der Waals surface area contributed by atoms with Gasteiger partial charge in [0, 0.05) is 18.7 Å². The van der Waals surface area contributed by atoms with Crippen molar-refractivity contribution in [2.24, 2.45) is 5.92 Å². The number of methoxy groups -OCH3 is 2. The van der Waals surface area contributed by atoms with E-state index in [2.05, 4.69) is 9.47 Å². The molecule has 1 aromatic rings. The quantitative estimate of drug-likeness (QED) is 0.785. The van der Waals surface area contributed by atoms with Crippen LogP contribution in [0.5, 0.6) is 0 Å². The predicted molar refractivity (Wildman–Crippen MR) is 75.0 cm³/mol.